The minimum absolute atomic E-state index is 0.220. The number of hydrogen-bond donors (Lipinski definition) is 1. The molecule has 0 amide bonds. The van der Waals surface area contributed by atoms with Crippen LogP contribution in [0.25, 0.3) is 0 Å². The minimum atomic E-state index is -0.220. The van der Waals surface area contributed by atoms with E-state index in [2.05, 4.69) is 16.5 Å². The van der Waals surface area contributed by atoms with Gasteiger partial charge in [0.15, 0.2) is 0 Å². The number of aryl methyl sites for hydroxylation is 1. The normalized spacial score (nSPS) is 12.4. The lowest BCUT2D eigenvalue weighted by molar-refractivity contribution is 0.408. The van der Waals surface area contributed by atoms with Crippen molar-refractivity contribution in [2.75, 3.05) is 7.11 Å². The van der Waals surface area contributed by atoms with Crippen LogP contribution in [0.1, 0.15) is 35.5 Å². The Kier molecular flexibility index (Phi) is 4.28. The third kappa shape index (κ3) is 2.52. The number of rotatable bonds is 5. The summed E-state index contributed by atoms with van der Waals surface area (Å²) in [5, 5.41) is 4.16. The highest BCUT2D eigenvalue weighted by Crippen LogP contribution is 2.31. The van der Waals surface area contributed by atoms with Gasteiger partial charge >= 0.3 is 0 Å². The van der Waals surface area contributed by atoms with Gasteiger partial charge in [-0.1, -0.05) is 36.0 Å². The van der Waals surface area contributed by atoms with E-state index in [1.54, 1.807) is 7.11 Å². The maximum Gasteiger partial charge on any atom is 0.124 e. The minimum Gasteiger partial charge on any atom is -0.496 e. The van der Waals surface area contributed by atoms with E-state index >= 15 is 0 Å². The molecule has 18 heavy (non-hydrogen) atoms. The molecular formula is C13H17N3OS. The quantitative estimate of drug-likeness (QED) is 0.900. The maximum absolute atomic E-state index is 6.32. The number of para-hydroxylation sites is 1. The van der Waals surface area contributed by atoms with Gasteiger partial charge in [-0.15, -0.1) is 5.10 Å². The molecule has 2 N–H and O–H groups in total. The number of nitrogens with zero attached hydrogens (tertiary/aromatic N) is 2. The monoisotopic (exact) mass is 263 g/mol. The van der Waals surface area contributed by atoms with Crippen molar-refractivity contribution < 1.29 is 4.74 Å². The van der Waals surface area contributed by atoms with Gasteiger partial charge in [-0.2, -0.15) is 0 Å². The van der Waals surface area contributed by atoms with Crippen LogP contribution >= 0.6 is 11.5 Å². The average molecular weight is 263 g/mol. The van der Waals surface area contributed by atoms with Gasteiger partial charge in [-0.05, 0) is 24.0 Å². The first kappa shape index (κ1) is 13.0. The van der Waals surface area contributed by atoms with Gasteiger partial charge in [0.05, 0.1) is 23.7 Å². The molecule has 1 unspecified atom stereocenters. The Morgan fingerprint density at radius 3 is 2.89 bits per heavy atom. The molecule has 1 aromatic carbocycles. The van der Waals surface area contributed by atoms with Crippen LogP contribution < -0.4 is 10.5 Å². The van der Waals surface area contributed by atoms with Gasteiger partial charge in [0.1, 0.15) is 5.75 Å². The Morgan fingerprint density at radius 2 is 2.17 bits per heavy atom. The molecule has 0 spiro atoms. The summed E-state index contributed by atoms with van der Waals surface area (Å²) in [5.41, 5.74) is 8.29. The largest absolute Gasteiger partial charge is 0.496 e. The van der Waals surface area contributed by atoms with Crippen LogP contribution in [0.15, 0.2) is 24.3 Å². The zero-order valence-electron chi connectivity index (χ0n) is 10.6. The Bertz CT molecular complexity index is 512. The molecule has 5 heteroatoms. The molecule has 1 atom stereocenters. The standard InChI is InChI=1S/C13H17N3OS/c1-3-6-10-13(18-16-15-10)12(14)9-7-4-5-8-11(9)17-2/h4-5,7-8,12H,3,6,14H2,1-2H3. The fourth-order valence-electron chi connectivity index (χ4n) is 1.93. The lowest BCUT2D eigenvalue weighted by Gasteiger charge is -2.14. The van der Waals surface area contributed by atoms with Gasteiger partial charge in [0.25, 0.3) is 0 Å². The zero-order valence-corrected chi connectivity index (χ0v) is 11.4. The van der Waals surface area contributed by atoms with Gasteiger partial charge in [0, 0.05) is 5.56 Å². The number of methoxy groups -OCH3 is 1. The van der Waals surface area contributed by atoms with Crippen molar-refractivity contribution in [3.05, 3.63) is 40.4 Å². The third-order valence-electron chi connectivity index (χ3n) is 2.83. The summed E-state index contributed by atoms with van der Waals surface area (Å²) in [6.45, 7) is 2.12. The van der Waals surface area contributed by atoms with Gasteiger partial charge in [-0.25, -0.2) is 0 Å². The van der Waals surface area contributed by atoms with Gasteiger partial charge in [-0.3, -0.25) is 0 Å². The summed E-state index contributed by atoms with van der Waals surface area (Å²) >= 11 is 1.37. The number of nitrogens with two attached hydrogens (primary N) is 1. The second-order valence-electron chi connectivity index (χ2n) is 4.05. The molecule has 0 radical (unpaired) electrons. The summed E-state index contributed by atoms with van der Waals surface area (Å²) in [4.78, 5) is 1.03. The molecule has 1 aromatic heterocycles. The van der Waals surface area contributed by atoms with Crippen molar-refractivity contribution in [1.82, 2.24) is 9.59 Å². The molecule has 0 aliphatic rings. The van der Waals surface area contributed by atoms with E-state index in [0.717, 1.165) is 34.7 Å². The van der Waals surface area contributed by atoms with E-state index in [0.29, 0.717) is 0 Å². The third-order valence-corrected chi connectivity index (χ3v) is 3.68. The molecule has 96 valence electrons. The predicted octanol–water partition coefficient (Wildman–Crippen LogP) is 2.55. The van der Waals surface area contributed by atoms with Crippen molar-refractivity contribution in [3.8, 4) is 5.75 Å². The SMILES string of the molecule is CCCc1nnsc1C(N)c1ccccc1OC. The first-order valence-electron chi connectivity index (χ1n) is 5.97. The molecule has 0 fully saturated rings. The van der Waals surface area contributed by atoms with Gasteiger partial charge in [0.2, 0.25) is 0 Å². The lowest BCUT2D eigenvalue weighted by Crippen LogP contribution is -2.13. The molecule has 0 aliphatic heterocycles. The Hall–Kier alpha value is -1.46. The van der Waals surface area contributed by atoms with Crippen LogP contribution in [0.5, 0.6) is 5.75 Å². The topological polar surface area (TPSA) is 61.0 Å². The van der Waals surface area contributed by atoms with E-state index in [-0.39, 0.29) is 6.04 Å². The molecule has 0 saturated heterocycles. The predicted molar refractivity (Wildman–Crippen MR) is 72.9 cm³/mol. The second-order valence-corrected chi connectivity index (χ2v) is 4.84. The summed E-state index contributed by atoms with van der Waals surface area (Å²) < 4.78 is 9.36. The molecule has 2 aromatic rings. The van der Waals surface area contributed by atoms with Crippen LogP contribution in [0.3, 0.4) is 0 Å². The van der Waals surface area contributed by atoms with Crippen LogP contribution in [0, 0.1) is 0 Å². The highest BCUT2D eigenvalue weighted by molar-refractivity contribution is 7.05. The van der Waals surface area contributed by atoms with Crippen molar-refractivity contribution in [3.63, 3.8) is 0 Å². The smallest absolute Gasteiger partial charge is 0.124 e. The van der Waals surface area contributed by atoms with Crippen LogP contribution in [0.2, 0.25) is 0 Å². The number of ether oxygens (including phenoxy) is 1. The van der Waals surface area contributed by atoms with E-state index in [9.17, 15) is 0 Å². The number of benzene rings is 1. The summed E-state index contributed by atoms with van der Waals surface area (Å²) in [6, 6.07) is 7.59. The summed E-state index contributed by atoms with van der Waals surface area (Å²) in [5.74, 6) is 0.806. The fourth-order valence-corrected chi connectivity index (χ4v) is 2.64. The Balaban J connectivity index is 2.35. The first-order valence-corrected chi connectivity index (χ1v) is 6.74. The van der Waals surface area contributed by atoms with Crippen molar-refractivity contribution in [2.24, 2.45) is 5.73 Å². The highest BCUT2D eigenvalue weighted by Gasteiger charge is 2.19. The van der Waals surface area contributed by atoms with Gasteiger partial charge < -0.3 is 10.5 Å². The van der Waals surface area contributed by atoms with E-state index < -0.39 is 0 Å². The second kappa shape index (κ2) is 5.93. The maximum atomic E-state index is 6.32. The van der Waals surface area contributed by atoms with Crippen LogP contribution in [-0.4, -0.2) is 16.7 Å². The molecular weight excluding hydrogens is 246 g/mol. The molecule has 1 heterocycles. The summed E-state index contributed by atoms with van der Waals surface area (Å²) in [6.07, 6.45) is 1.95. The number of aromatic nitrogens is 2. The van der Waals surface area contributed by atoms with Crippen LogP contribution in [0.4, 0.5) is 0 Å². The first-order chi connectivity index (χ1) is 8.77. The Labute approximate surface area is 111 Å². The molecule has 0 aliphatic carbocycles. The summed E-state index contributed by atoms with van der Waals surface area (Å²) in [7, 11) is 1.66. The van der Waals surface area contributed by atoms with E-state index in [1.165, 1.54) is 11.5 Å². The van der Waals surface area contributed by atoms with E-state index in [4.69, 9.17) is 10.5 Å². The van der Waals surface area contributed by atoms with Crippen molar-refractivity contribution >= 4 is 11.5 Å². The molecule has 4 nitrogen and oxygen atoms in total. The number of hydrogen-bond acceptors (Lipinski definition) is 5. The molecule has 0 bridgehead atoms. The van der Waals surface area contributed by atoms with Crippen molar-refractivity contribution in [1.29, 1.82) is 0 Å². The highest BCUT2D eigenvalue weighted by atomic mass is 32.1. The zero-order chi connectivity index (χ0) is 13.0. The van der Waals surface area contributed by atoms with Crippen molar-refractivity contribution in [2.45, 2.75) is 25.8 Å². The van der Waals surface area contributed by atoms with Crippen LogP contribution in [-0.2, 0) is 6.42 Å². The lowest BCUT2D eigenvalue weighted by atomic mass is 10.0. The van der Waals surface area contributed by atoms with E-state index in [1.807, 2.05) is 24.3 Å². The molecule has 2 rings (SSSR count). The Morgan fingerprint density at radius 1 is 1.39 bits per heavy atom. The average Bonchev–Trinajstić information content (AvgIpc) is 2.86. The molecule has 0 saturated carbocycles. The fraction of sp³-hybridized carbons (Fsp3) is 0.385.